The van der Waals surface area contributed by atoms with E-state index in [1.807, 2.05) is 24.3 Å². The number of furan rings is 1. The van der Waals surface area contributed by atoms with Gasteiger partial charge in [0.05, 0.1) is 12.9 Å². The second-order valence-corrected chi connectivity index (χ2v) is 4.98. The molecular formula is C17H22N4O3. The molecule has 128 valence electrons. The van der Waals surface area contributed by atoms with Crippen LogP contribution in [0.5, 0.6) is 0 Å². The number of carbonyl (C=O) groups is 1. The molecular weight excluding hydrogens is 308 g/mol. The van der Waals surface area contributed by atoms with Gasteiger partial charge in [0.25, 0.3) is 5.91 Å². The van der Waals surface area contributed by atoms with Crippen molar-refractivity contribution < 1.29 is 13.9 Å². The van der Waals surface area contributed by atoms with Crippen LogP contribution in [0.4, 0.5) is 5.69 Å². The Morgan fingerprint density at radius 1 is 1.25 bits per heavy atom. The number of aliphatic imine (C=N–C) groups is 1. The summed E-state index contributed by atoms with van der Waals surface area (Å²) in [5.41, 5.74) is 1.72. The molecule has 0 bridgehead atoms. The predicted octanol–water partition coefficient (Wildman–Crippen LogP) is 1.84. The molecule has 1 aromatic carbocycles. The fourth-order valence-electron chi connectivity index (χ4n) is 2.04. The largest absolute Gasteiger partial charge is 0.459 e. The van der Waals surface area contributed by atoms with Gasteiger partial charge in [-0.05, 0) is 29.8 Å². The highest BCUT2D eigenvalue weighted by atomic mass is 16.5. The van der Waals surface area contributed by atoms with Crippen LogP contribution >= 0.6 is 0 Å². The Hall–Kier alpha value is -2.80. The van der Waals surface area contributed by atoms with Crippen molar-refractivity contribution in [1.82, 2.24) is 10.6 Å². The summed E-state index contributed by atoms with van der Waals surface area (Å²) in [5.74, 6) is 0.695. The Kier molecular flexibility index (Phi) is 6.85. The van der Waals surface area contributed by atoms with Crippen molar-refractivity contribution >= 4 is 17.6 Å². The van der Waals surface area contributed by atoms with Crippen molar-refractivity contribution in [3.05, 3.63) is 54.0 Å². The van der Waals surface area contributed by atoms with Crippen LogP contribution in [0.3, 0.4) is 0 Å². The van der Waals surface area contributed by atoms with Gasteiger partial charge in [0.1, 0.15) is 0 Å². The van der Waals surface area contributed by atoms with Crippen LogP contribution in [0.2, 0.25) is 0 Å². The van der Waals surface area contributed by atoms with Gasteiger partial charge >= 0.3 is 0 Å². The van der Waals surface area contributed by atoms with E-state index in [0.717, 1.165) is 5.56 Å². The second kappa shape index (κ2) is 9.36. The molecule has 24 heavy (non-hydrogen) atoms. The predicted molar refractivity (Wildman–Crippen MR) is 93.2 cm³/mol. The smallest absolute Gasteiger partial charge is 0.291 e. The molecule has 0 aliphatic rings. The molecule has 0 aliphatic carbocycles. The van der Waals surface area contributed by atoms with Gasteiger partial charge < -0.3 is 25.1 Å². The van der Waals surface area contributed by atoms with Crippen molar-refractivity contribution in [2.24, 2.45) is 4.99 Å². The minimum absolute atomic E-state index is 0.276. The number of amides is 1. The Bertz CT molecular complexity index is 668. The maximum absolute atomic E-state index is 12.0. The summed E-state index contributed by atoms with van der Waals surface area (Å²) in [6.07, 6.45) is 1.47. The van der Waals surface area contributed by atoms with Gasteiger partial charge in [-0.2, -0.15) is 0 Å². The van der Waals surface area contributed by atoms with Crippen LogP contribution in [0, 0.1) is 0 Å². The lowest BCUT2D eigenvalue weighted by Crippen LogP contribution is -2.38. The van der Waals surface area contributed by atoms with Crippen LogP contribution in [-0.4, -0.2) is 39.2 Å². The summed E-state index contributed by atoms with van der Waals surface area (Å²) >= 11 is 0. The number of nitrogens with zero attached hydrogens (tertiary/aromatic N) is 1. The quantitative estimate of drug-likeness (QED) is 0.410. The molecule has 2 rings (SSSR count). The first kappa shape index (κ1) is 17.6. The minimum atomic E-state index is -0.276. The van der Waals surface area contributed by atoms with Crippen LogP contribution in [-0.2, 0) is 11.3 Å². The Morgan fingerprint density at radius 3 is 2.83 bits per heavy atom. The van der Waals surface area contributed by atoms with Gasteiger partial charge in [-0.3, -0.25) is 9.79 Å². The minimum Gasteiger partial charge on any atom is -0.459 e. The maximum atomic E-state index is 12.0. The molecule has 0 unspecified atom stereocenters. The number of anilines is 1. The standard InChI is InChI=1S/C17H22N4O3/c1-18-17(19-8-10-23-2)20-12-13-5-3-6-14(11-13)21-16(22)15-7-4-9-24-15/h3-7,9,11H,8,10,12H2,1-2H3,(H,21,22)(H2,18,19,20). The molecule has 0 radical (unpaired) electrons. The molecule has 0 spiro atoms. The van der Waals surface area contributed by atoms with Crippen molar-refractivity contribution in [3.8, 4) is 0 Å². The average molecular weight is 330 g/mol. The lowest BCUT2D eigenvalue weighted by molar-refractivity contribution is 0.0996. The Labute approximate surface area is 141 Å². The lowest BCUT2D eigenvalue weighted by Gasteiger charge is -2.12. The highest BCUT2D eigenvalue weighted by Gasteiger charge is 2.08. The highest BCUT2D eigenvalue weighted by molar-refractivity contribution is 6.02. The molecule has 0 saturated carbocycles. The van der Waals surface area contributed by atoms with Crippen LogP contribution in [0.25, 0.3) is 0 Å². The normalized spacial score (nSPS) is 11.2. The number of carbonyl (C=O) groups excluding carboxylic acids is 1. The van der Waals surface area contributed by atoms with E-state index in [1.165, 1.54) is 6.26 Å². The Balaban J connectivity index is 1.89. The van der Waals surface area contributed by atoms with E-state index in [-0.39, 0.29) is 11.7 Å². The van der Waals surface area contributed by atoms with Gasteiger partial charge in [0, 0.05) is 32.9 Å². The zero-order valence-electron chi connectivity index (χ0n) is 13.8. The van der Waals surface area contributed by atoms with Gasteiger partial charge in [0.15, 0.2) is 11.7 Å². The molecule has 0 saturated heterocycles. The lowest BCUT2D eigenvalue weighted by atomic mass is 10.2. The van der Waals surface area contributed by atoms with Crippen LogP contribution < -0.4 is 16.0 Å². The van der Waals surface area contributed by atoms with Crippen molar-refractivity contribution in [2.45, 2.75) is 6.54 Å². The summed E-state index contributed by atoms with van der Waals surface area (Å²) in [5, 5.41) is 9.15. The monoisotopic (exact) mass is 330 g/mol. The van der Waals surface area contributed by atoms with Crippen molar-refractivity contribution in [2.75, 3.05) is 32.6 Å². The highest BCUT2D eigenvalue weighted by Crippen LogP contribution is 2.12. The molecule has 3 N–H and O–H groups in total. The fourth-order valence-corrected chi connectivity index (χ4v) is 2.04. The van der Waals surface area contributed by atoms with E-state index in [9.17, 15) is 4.79 Å². The van der Waals surface area contributed by atoms with Crippen LogP contribution in [0.15, 0.2) is 52.1 Å². The van der Waals surface area contributed by atoms with E-state index in [4.69, 9.17) is 9.15 Å². The number of rotatable bonds is 7. The van der Waals surface area contributed by atoms with Crippen molar-refractivity contribution in [3.63, 3.8) is 0 Å². The third-order valence-corrected chi connectivity index (χ3v) is 3.21. The summed E-state index contributed by atoms with van der Waals surface area (Å²) in [6.45, 7) is 1.86. The van der Waals surface area contributed by atoms with Gasteiger partial charge in [-0.25, -0.2) is 0 Å². The van der Waals surface area contributed by atoms with Gasteiger partial charge in [0.2, 0.25) is 0 Å². The summed E-state index contributed by atoms with van der Waals surface area (Å²) < 4.78 is 10.1. The molecule has 1 heterocycles. The average Bonchev–Trinajstić information content (AvgIpc) is 3.13. The van der Waals surface area contributed by atoms with Gasteiger partial charge in [-0.1, -0.05) is 12.1 Å². The maximum Gasteiger partial charge on any atom is 0.291 e. The van der Waals surface area contributed by atoms with Crippen molar-refractivity contribution in [1.29, 1.82) is 0 Å². The first-order valence-electron chi connectivity index (χ1n) is 7.60. The third-order valence-electron chi connectivity index (χ3n) is 3.21. The van der Waals surface area contributed by atoms with E-state index in [1.54, 1.807) is 26.3 Å². The number of nitrogens with one attached hydrogen (secondary N) is 3. The van der Waals surface area contributed by atoms with Gasteiger partial charge in [-0.15, -0.1) is 0 Å². The Morgan fingerprint density at radius 2 is 2.12 bits per heavy atom. The number of hydrogen-bond acceptors (Lipinski definition) is 4. The molecule has 7 heteroatoms. The van der Waals surface area contributed by atoms with E-state index in [0.29, 0.717) is 31.3 Å². The molecule has 0 fully saturated rings. The third kappa shape index (κ3) is 5.44. The first-order valence-corrected chi connectivity index (χ1v) is 7.60. The number of ether oxygens (including phenoxy) is 1. The summed E-state index contributed by atoms with van der Waals surface area (Å²) in [6, 6.07) is 10.9. The topological polar surface area (TPSA) is 87.9 Å². The first-order chi connectivity index (χ1) is 11.7. The second-order valence-electron chi connectivity index (χ2n) is 4.98. The molecule has 0 atom stereocenters. The zero-order valence-corrected chi connectivity index (χ0v) is 13.8. The molecule has 7 nitrogen and oxygen atoms in total. The SMILES string of the molecule is CN=C(NCCOC)NCc1cccc(NC(=O)c2ccco2)c1. The number of guanidine groups is 1. The van der Waals surface area contributed by atoms with Crippen LogP contribution in [0.1, 0.15) is 16.1 Å². The molecule has 2 aromatic rings. The fraction of sp³-hybridized carbons (Fsp3) is 0.294. The van der Waals surface area contributed by atoms with E-state index < -0.39 is 0 Å². The van der Waals surface area contributed by atoms with E-state index in [2.05, 4.69) is 20.9 Å². The number of hydrogen-bond donors (Lipinski definition) is 3. The van der Waals surface area contributed by atoms with E-state index >= 15 is 0 Å². The summed E-state index contributed by atoms with van der Waals surface area (Å²) in [7, 11) is 3.36. The zero-order chi connectivity index (χ0) is 17.2. The number of benzene rings is 1. The summed E-state index contributed by atoms with van der Waals surface area (Å²) in [4.78, 5) is 16.1. The molecule has 1 aromatic heterocycles. The molecule has 1 amide bonds. The molecule has 0 aliphatic heterocycles. The number of methoxy groups -OCH3 is 1.